The molecule has 3 N–H and O–H groups in total. The predicted octanol–water partition coefficient (Wildman–Crippen LogP) is 4.00. The van der Waals surface area contributed by atoms with Gasteiger partial charge in [0.05, 0.1) is 12.0 Å². The van der Waals surface area contributed by atoms with E-state index in [0.29, 0.717) is 31.4 Å². The molecule has 0 spiro atoms. The van der Waals surface area contributed by atoms with Gasteiger partial charge in [0.25, 0.3) is 0 Å². The lowest BCUT2D eigenvalue weighted by Gasteiger charge is -2.40. The van der Waals surface area contributed by atoms with Gasteiger partial charge in [-0.3, -0.25) is 14.4 Å². The minimum Gasteiger partial charge on any atom is -0.366 e. The summed E-state index contributed by atoms with van der Waals surface area (Å²) in [4.78, 5) is 40.5. The van der Waals surface area contributed by atoms with Crippen molar-refractivity contribution >= 4 is 34.7 Å². The number of rotatable bonds is 7. The van der Waals surface area contributed by atoms with Gasteiger partial charge in [-0.15, -0.1) is 11.3 Å². The van der Waals surface area contributed by atoms with Gasteiger partial charge in [0.1, 0.15) is 0 Å². The molecule has 2 atom stereocenters. The maximum absolute atomic E-state index is 13.3. The van der Waals surface area contributed by atoms with Gasteiger partial charge in [-0.25, -0.2) is 0 Å². The van der Waals surface area contributed by atoms with Gasteiger partial charge in [0.15, 0.2) is 0 Å². The highest BCUT2D eigenvalue weighted by Crippen LogP contribution is 2.41. The Morgan fingerprint density at radius 3 is 2.61 bits per heavy atom. The van der Waals surface area contributed by atoms with Gasteiger partial charge in [-0.05, 0) is 61.0 Å². The molecule has 2 aromatic carbocycles. The molecule has 0 radical (unpaired) electrons. The van der Waals surface area contributed by atoms with E-state index in [9.17, 15) is 14.4 Å². The Labute approximate surface area is 197 Å². The van der Waals surface area contributed by atoms with E-state index in [4.69, 9.17) is 5.73 Å². The van der Waals surface area contributed by atoms with E-state index in [1.807, 2.05) is 54.8 Å². The second-order valence-electron chi connectivity index (χ2n) is 8.31. The van der Waals surface area contributed by atoms with Crippen molar-refractivity contribution in [2.24, 2.45) is 11.7 Å². The van der Waals surface area contributed by atoms with Crippen LogP contribution >= 0.6 is 11.3 Å². The van der Waals surface area contributed by atoms with Crippen molar-refractivity contribution in [3.8, 4) is 0 Å². The quantitative estimate of drug-likeness (QED) is 0.557. The topological polar surface area (TPSA) is 92.5 Å². The fraction of sp³-hybridized carbons (Fsp3) is 0.269. The number of nitrogens with two attached hydrogens (primary N) is 1. The van der Waals surface area contributed by atoms with Gasteiger partial charge >= 0.3 is 0 Å². The lowest BCUT2D eigenvalue weighted by atomic mass is 9.86. The van der Waals surface area contributed by atoms with Gasteiger partial charge < -0.3 is 16.0 Å². The summed E-state index contributed by atoms with van der Waals surface area (Å²) < 4.78 is 0. The molecule has 1 aromatic heterocycles. The van der Waals surface area contributed by atoms with Gasteiger partial charge in [-0.2, -0.15) is 0 Å². The fourth-order valence-corrected chi connectivity index (χ4v) is 5.18. The van der Waals surface area contributed by atoms with E-state index in [2.05, 4.69) is 5.32 Å². The number of primary amides is 1. The first-order chi connectivity index (χ1) is 15.9. The number of thiophene rings is 1. The van der Waals surface area contributed by atoms with E-state index < -0.39 is 5.91 Å². The molecule has 1 aliphatic heterocycles. The summed E-state index contributed by atoms with van der Waals surface area (Å²) in [6, 6.07) is 18.6. The summed E-state index contributed by atoms with van der Waals surface area (Å²) in [5.74, 6) is -0.851. The minimum absolute atomic E-state index is 0.0320. The van der Waals surface area contributed by atoms with Crippen molar-refractivity contribution in [1.82, 2.24) is 5.32 Å². The number of carbonyl (C=O) groups excluding carboxylic acids is 3. The van der Waals surface area contributed by atoms with Crippen LogP contribution in [0.3, 0.4) is 0 Å². The first kappa shape index (κ1) is 22.7. The van der Waals surface area contributed by atoms with E-state index in [-0.39, 0.29) is 23.8 Å². The number of anilines is 1. The largest absolute Gasteiger partial charge is 0.366 e. The average Bonchev–Trinajstić information content (AvgIpc) is 3.34. The zero-order valence-corrected chi connectivity index (χ0v) is 19.3. The van der Waals surface area contributed by atoms with E-state index >= 15 is 0 Å². The number of piperidine rings is 1. The SMILES string of the molecule is Cc1ccc(N2C(=O)CCC(C(=O)NCCc3cccc(C(N)=O)c3)C2c2cccs2)cc1. The molecule has 6 nitrogen and oxygen atoms in total. The second-order valence-corrected chi connectivity index (χ2v) is 9.29. The highest BCUT2D eigenvalue weighted by atomic mass is 32.1. The van der Waals surface area contributed by atoms with Gasteiger partial charge in [0.2, 0.25) is 17.7 Å². The summed E-state index contributed by atoms with van der Waals surface area (Å²) in [6.07, 6.45) is 1.42. The van der Waals surface area contributed by atoms with Crippen molar-refractivity contribution < 1.29 is 14.4 Å². The number of benzene rings is 2. The summed E-state index contributed by atoms with van der Waals surface area (Å²) in [6.45, 7) is 2.45. The Balaban J connectivity index is 1.52. The number of hydrogen-bond donors (Lipinski definition) is 2. The maximum Gasteiger partial charge on any atom is 0.248 e. The number of carbonyl (C=O) groups is 3. The van der Waals surface area contributed by atoms with Crippen molar-refractivity contribution in [1.29, 1.82) is 0 Å². The monoisotopic (exact) mass is 461 g/mol. The van der Waals surface area contributed by atoms with Crippen LogP contribution in [0.15, 0.2) is 66.0 Å². The first-order valence-corrected chi connectivity index (χ1v) is 11.9. The number of nitrogens with zero attached hydrogens (tertiary/aromatic N) is 1. The fourth-order valence-electron chi connectivity index (χ4n) is 4.30. The molecule has 4 rings (SSSR count). The number of hydrogen-bond acceptors (Lipinski definition) is 4. The minimum atomic E-state index is -0.470. The summed E-state index contributed by atoms with van der Waals surface area (Å²) in [5.41, 5.74) is 8.67. The van der Waals surface area contributed by atoms with Crippen LogP contribution in [0.2, 0.25) is 0 Å². The molecule has 1 fully saturated rings. The molecule has 3 aromatic rings. The van der Waals surface area contributed by atoms with E-state index in [1.165, 1.54) is 0 Å². The van der Waals surface area contributed by atoms with Crippen LogP contribution in [0.4, 0.5) is 5.69 Å². The lowest BCUT2D eigenvalue weighted by molar-refractivity contribution is -0.129. The molecule has 1 saturated heterocycles. The zero-order chi connectivity index (χ0) is 23.4. The van der Waals surface area contributed by atoms with Crippen LogP contribution < -0.4 is 16.0 Å². The lowest BCUT2D eigenvalue weighted by Crippen LogP contribution is -2.48. The molecule has 1 aliphatic rings. The molecule has 170 valence electrons. The van der Waals surface area contributed by atoms with E-state index in [1.54, 1.807) is 34.4 Å². The summed E-state index contributed by atoms with van der Waals surface area (Å²) >= 11 is 1.56. The Hall–Kier alpha value is -3.45. The smallest absolute Gasteiger partial charge is 0.248 e. The summed E-state index contributed by atoms with van der Waals surface area (Å²) in [5, 5.41) is 5.02. The molecular weight excluding hydrogens is 434 g/mol. The molecular formula is C26H27N3O3S. The third-order valence-corrected chi connectivity index (χ3v) is 6.95. The number of aryl methyl sites for hydroxylation is 1. The number of amides is 3. The van der Waals surface area contributed by atoms with Crippen molar-refractivity contribution in [3.63, 3.8) is 0 Å². The number of nitrogens with one attached hydrogen (secondary N) is 1. The Bertz CT molecular complexity index is 1140. The standard InChI is InChI=1S/C26H27N3O3S/c1-17-7-9-20(10-8-17)29-23(30)12-11-21(24(29)22-6-3-15-33-22)26(32)28-14-13-18-4-2-5-19(16-18)25(27)31/h2-10,15-16,21,24H,11-14H2,1H3,(H2,27,31)(H,28,32). The Morgan fingerprint density at radius 2 is 1.91 bits per heavy atom. The van der Waals surface area contributed by atoms with Crippen LogP contribution in [0.5, 0.6) is 0 Å². The molecule has 0 bridgehead atoms. The van der Waals surface area contributed by atoms with Crippen LogP contribution in [-0.2, 0) is 16.0 Å². The van der Waals surface area contributed by atoms with Crippen molar-refractivity contribution in [2.45, 2.75) is 32.2 Å². The molecule has 2 unspecified atom stereocenters. The third-order valence-electron chi connectivity index (χ3n) is 6.01. The molecule has 3 amide bonds. The van der Waals surface area contributed by atoms with Crippen LogP contribution in [-0.4, -0.2) is 24.3 Å². The van der Waals surface area contributed by atoms with Crippen molar-refractivity contribution in [2.75, 3.05) is 11.4 Å². The molecule has 0 saturated carbocycles. The average molecular weight is 462 g/mol. The van der Waals surface area contributed by atoms with Crippen molar-refractivity contribution in [3.05, 3.63) is 87.6 Å². The maximum atomic E-state index is 13.3. The Kier molecular flexibility index (Phi) is 6.89. The Morgan fingerprint density at radius 1 is 1.12 bits per heavy atom. The molecule has 33 heavy (non-hydrogen) atoms. The molecule has 0 aliphatic carbocycles. The zero-order valence-electron chi connectivity index (χ0n) is 18.5. The van der Waals surface area contributed by atoms with Crippen LogP contribution in [0, 0.1) is 12.8 Å². The normalized spacial score (nSPS) is 18.2. The predicted molar refractivity (Wildman–Crippen MR) is 130 cm³/mol. The molecule has 2 heterocycles. The van der Waals surface area contributed by atoms with Gasteiger partial charge in [-0.1, -0.05) is 35.9 Å². The van der Waals surface area contributed by atoms with E-state index in [0.717, 1.165) is 21.7 Å². The first-order valence-electron chi connectivity index (χ1n) is 11.0. The van der Waals surface area contributed by atoms with Crippen LogP contribution in [0.25, 0.3) is 0 Å². The summed E-state index contributed by atoms with van der Waals surface area (Å²) in [7, 11) is 0. The second kappa shape index (κ2) is 10.0. The molecule has 7 heteroatoms. The van der Waals surface area contributed by atoms with Gasteiger partial charge in [0, 0.05) is 29.1 Å². The highest BCUT2D eigenvalue weighted by Gasteiger charge is 2.41. The third kappa shape index (κ3) is 5.14. The van der Waals surface area contributed by atoms with Crippen LogP contribution in [0.1, 0.15) is 45.2 Å². The highest BCUT2D eigenvalue weighted by molar-refractivity contribution is 7.10.